The molecule has 3 heteroatoms. The molecule has 0 atom stereocenters. The Morgan fingerprint density at radius 2 is 1.87 bits per heavy atom. The standard InChI is InChI=1S/C12H26BrNO/c1-11(2)6-8-15-9-7-14(5)12(3,4)10-13/h11H,6-10H2,1-5H3. The molecule has 0 radical (unpaired) electrons. The van der Waals surface area contributed by atoms with Gasteiger partial charge in [-0.2, -0.15) is 0 Å². The van der Waals surface area contributed by atoms with E-state index in [9.17, 15) is 0 Å². The SMILES string of the molecule is CC(C)CCOCCN(C)C(C)(C)CBr. The monoisotopic (exact) mass is 279 g/mol. The summed E-state index contributed by atoms with van der Waals surface area (Å²) in [6.45, 7) is 11.6. The molecule has 0 aromatic heterocycles. The Morgan fingerprint density at radius 3 is 2.33 bits per heavy atom. The van der Waals surface area contributed by atoms with E-state index in [2.05, 4.69) is 55.6 Å². The second-order valence-corrected chi connectivity index (χ2v) is 5.72. The van der Waals surface area contributed by atoms with Crippen LogP contribution in [-0.4, -0.2) is 42.6 Å². The Balaban J connectivity index is 3.51. The van der Waals surface area contributed by atoms with Crippen molar-refractivity contribution < 1.29 is 4.74 Å². The summed E-state index contributed by atoms with van der Waals surface area (Å²) in [4.78, 5) is 2.33. The van der Waals surface area contributed by atoms with Crippen LogP contribution in [0.5, 0.6) is 0 Å². The third-order valence-electron chi connectivity index (χ3n) is 2.77. The van der Waals surface area contributed by atoms with Crippen molar-refractivity contribution in [3.63, 3.8) is 0 Å². The normalized spacial score (nSPS) is 12.8. The van der Waals surface area contributed by atoms with Gasteiger partial charge in [0.15, 0.2) is 0 Å². The molecule has 15 heavy (non-hydrogen) atoms. The minimum atomic E-state index is 0.210. The first kappa shape index (κ1) is 15.4. The van der Waals surface area contributed by atoms with Crippen molar-refractivity contribution in [2.75, 3.05) is 32.1 Å². The molecule has 92 valence electrons. The summed E-state index contributed by atoms with van der Waals surface area (Å²) in [5.41, 5.74) is 0.210. The number of likely N-dealkylation sites (N-methyl/N-ethyl adjacent to an activating group) is 1. The first-order chi connectivity index (χ1) is 6.90. The Hall–Kier alpha value is 0.400. The molecule has 0 aliphatic carbocycles. The van der Waals surface area contributed by atoms with Gasteiger partial charge in [-0.25, -0.2) is 0 Å². The Kier molecular flexibility index (Phi) is 7.84. The van der Waals surface area contributed by atoms with E-state index >= 15 is 0 Å². The first-order valence-electron chi connectivity index (χ1n) is 5.75. The molecule has 0 saturated carbocycles. The van der Waals surface area contributed by atoms with Crippen LogP contribution in [0.3, 0.4) is 0 Å². The molecule has 0 aliphatic rings. The topological polar surface area (TPSA) is 12.5 Å². The van der Waals surface area contributed by atoms with Crippen molar-refractivity contribution in [3.05, 3.63) is 0 Å². The van der Waals surface area contributed by atoms with E-state index in [0.717, 1.165) is 37.4 Å². The van der Waals surface area contributed by atoms with E-state index in [1.54, 1.807) is 0 Å². The Morgan fingerprint density at radius 1 is 1.27 bits per heavy atom. The molecule has 0 rings (SSSR count). The van der Waals surface area contributed by atoms with Crippen molar-refractivity contribution in [3.8, 4) is 0 Å². The lowest BCUT2D eigenvalue weighted by Crippen LogP contribution is -2.44. The van der Waals surface area contributed by atoms with Gasteiger partial charge in [0.05, 0.1) is 6.61 Å². The fraction of sp³-hybridized carbons (Fsp3) is 1.00. The van der Waals surface area contributed by atoms with Gasteiger partial charge in [0.25, 0.3) is 0 Å². The van der Waals surface area contributed by atoms with Crippen LogP contribution < -0.4 is 0 Å². The van der Waals surface area contributed by atoms with Crippen molar-refractivity contribution in [2.24, 2.45) is 5.92 Å². The minimum Gasteiger partial charge on any atom is -0.380 e. The van der Waals surface area contributed by atoms with Crippen LogP contribution in [0.2, 0.25) is 0 Å². The zero-order valence-corrected chi connectivity index (χ0v) is 12.4. The highest BCUT2D eigenvalue weighted by molar-refractivity contribution is 9.09. The van der Waals surface area contributed by atoms with Gasteiger partial charge in [-0.3, -0.25) is 4.90 Å². The van der Waals surface area contributed by atoms with Gasteiger partial charge in [0.1, 0.15) is 0 Å². The van der Waals surface area contributed by atoms with Crippen LogP contribution in [0, 0.1) is 5.92 Å². The predicted octanol–water partition coefficient (Wildman–Crippen LogP) is 3.15. The van der Waals surface area contributed by atoms with Gasteiger partial charge in [-0.1, -0.05) is 29.8 Å². The number of ether oxygens (including phenoxy) is 1. The molecule has 0 fully saturated rings. The number of hydrogen-bond acceptors (Lipinski definition) is 2. The maximum atomic E-state index is 5.60. The fourth-order valence-corrected chi connectivity index (χ4v) is 1.46. The lowest BCUT2D eigenvalue weighted by atomic mass is 10.1. The van der Waals surface area contributed by atoms with Crippen molar-refractivity contribution in [2.45, 2.75) is 39.7 Å². The lowest BCUT2D eigenvalue weighted by molar-refractivity contribution is 0.0773. The summed E-state index contributed by atoms with van der Waals surface area (Å²) in [7, 11) is 2.15. The summed E-state index contributed by atoms with van der Waals surface area (Å²) >= 11 is 3.53. The quantitative estimate of drug-likeness (QED) is 0.500. The number of halogens is 1. The minimum absolute atomic E-state index is 0.210. The zero-order chi connectivity index (χ0) is 11.9. The number of alkyl halides is 1. The highest BCUT2D eigenvalue weighted by Gasteiger charge is 2.21. The maximum absolute atomic E-state index is 5.60. The third-order valence-corrected chi connectivity index (χ3v) is 4.14. The Bertz CT molecular complexity index is 160. The molecule has 0 aromatic rings. The Labute approximate surface area is 103 Å². The summed E-state index contributed by atoms with van der Waals surface area (Å²) in [5.74, 6) is 0.738. The zero-order valence-electron chi connectivity index (χ0n) is 10.8. The van der Waals surface area contributed by atoms with E-state index < -0.39 is 0 Å². The molecule has 0 spiro atoms. The van der Waals surface area contributed by atoms with Crippen LogP contribution in [0.15, 0.2) is 0 Å². The molecule has 0 saturated heterocycles. The highest BCUT2D eigenvalue weighted by Crippen LogP contribution is 2.14. The molecule has 0 aliphatic heterocycles. The van der Waals surface area contributed by atoms with Crippen LogP contribution in [0.1, 0.15) is 34.1 Å². The molecule has 0 N–H and O–H groups in total. The van der Waals surface area contributed by atoms with E-state index in [1.807, 2.05) is 0 Å². The molecule has 0 bridgehead atoms. The smallest absolute Gasteiger partial charge is 0.0593 e. The number of hydrogen-bond donors (Lipinski definition) is 0. The summed E-state index contributed by atoms with van der Waals surface area (Å²) in [5, 5.41) is 0.989. The number of rotatable bonds is 8. The van der Waals surface area contributed by atoms with Gasteiger partial charge in [0, 0.05) is 24.0 Å². The molecule has 0 aromatic carbocycles. The maximum Gasteiger partial charge on any atom is 0.0593 e. The highest BCUT2D eigenvalue weighted by atomic mass is 79.9. The number of nitrogens with zero attached hydrogens (tertiary/aromatic N) is 1. The van der Waals surface area contributed by atoms with Crippen LogP contribution in [-0.2, 0) is 4.74 Å². The van der Waals surface area contributed by atoms with Crippen molar-refractivity contribution >= 4 is 15.9 Å². The van der Waals surface area contributed by atoms with E-state index in [4.69, 9.17) is 4.74 Å². The lowest BCUT2D eigenvalue weighted by Gasteiger charge is -2.33. The fourth-order valence-electron chi connectivity index (χ4n) is 1.03. The molecular formula is C12H26BrNO. The summed E-state index contributed by atoms with van der Waals surface area (Å²) < 4.78 is 5.60. The summed E-state index contributed by atoms with van der Waals surface area (Å²) in [6.07, 6.45) is 1.16. The largest absolute Gasteiger partial charge is 0.380 e. The molecule has 2 nitrogen and oxygen atoms in total. The average Bonchev–Trinajstić information content (AvgIpc) is 2.16. The van der Waals surface area contributed by atoms with E-state index in [0.29, 0.717) is 0 Å². The van der Waals surface area contributed by atoms with Gasteiger partial charge < -0.3 is 4.74 Å². The van der Waals surface area contributed by atoms with Gasteiger partial charge in [-0.15, -0.1) is 0 Å². The molecule has 0 heterocycles. The van der Waals surface area contributed by atoms with Crippen LogP contribution in [0.4, 0.5) is 0 Å². The molecule has 0 amide bonds. The summed E-state index contributed by atoms with van der Waals surface area (Å²) in [6, 6.07) is 0. The van der Waals surface area contributed by atoms with Gasteiger partial charge in [0.2, 0.25) is 0 Å². The predicted molar refractivity (Wildman–Crippen MR) is 70.8 cm³/mol. The second kappa shape index (κ2) is 7.64. The first-order valence-corrected chi connectivity index (χ1v) is 6.87. The van der Waals surface area contributed by atoms with Crippen molar-refractivity contribution in [1.82, 2.24) is 4.90 Å². The van der Waals surface area contributed by atoms with Crippen LogP contribution >= 0.6 is 15.9 Å². The van der Waals surface area contributed by atoms with Gasteiger partial charge in [-0.05, 0) is 33.2 Å². The second-order valence-electron chi connectivity index (χ2n) is 5.16. The van der Waals surface area contributed by atoms with E-state index in [-0.39, 0.29) is 5.54 Å². The van der Waals surface area contributed by atoms with Crippen LogP contribution in [0.25, 0.3) is 0 Å². The van der Waals surface area contributed by atoms with Gasteiger partial charge >= 0.3 is 0 Å². The third kappa shape index (κ3) is 7.31. The average molecular weight is 280 g/mol. The molecule has 0 unspecified atom stereocenters. The van der Waals surface area contributed by atoms with Crippen molar-refractivity contribution in [1.29, 1.82) is 0 Å². The molecular weight excluding hydrogens is 254 g/mol. The van der Waals surface area contributed by atoms with E-state index in [1.165, 1.54) is 0 Å².